The number of benzene rings is 2. The Labute approximate surface area is 246 Å². The van der Waals surface area contributed by atoms with Gasteiger partial charge in [-0.2, -0.15) is 5.10 Å². The van der Waals surface area contributed by atoms with Gasteiger partial charge in [-0.25, -0.2) is 9.59 Å². The summed E-state index contributed by atoms with van der Waals surface area (Å²) in [5.74, 6) is 3.47. The number of ether oxygens (including phenoxy) is 5. The van der Waals surface area contributed by atoms with E-state index >= 15 is 0 Å². The van der Waals surface area contributed by atoms with Gasteiger partial charge in [0.05, 0.1) is 38.7 Å². The highest BCUT2D eigenvalue weighted by atomic mass is 79.9. The highest BCUT2D eigenvalue weighted by molar-refractivity contribution is 9.10. The Morgan fingerprint density at radius 3 is 2.63 bits per heavy atom. The molecule has 13 heteroatoms. The number of carbonyl (C=O) groups excluding carboxylic acids is 2. The van der Waals surface area contributed by atoms with E-state index in [0.717, 1.165) is 0 Å². The van der Waals surface area contributed by atoms with Crippen molar-refractivity contribution in [2.75, 3.05) is 34.0 Å². The first kappa shape index (κ1) is 31.1. The number of hydrogen-bond donors (Lipinski definition) is 4. The van der Waals surface area contributed by atoms with E-state index in [9.17, 15) is 14.7 Å². The maximum absolute atomic E-state index is 12.4. The van der Waals surface area contributed by atoms with E-state index in [1.807, 2.05) is 0 Å². The molecular formula is C28H31BrN4O8. The van der Waals surface area contributed by atoms with E-state index in [1.165, 1.54) is 20.4 Å². The Hall–Kier alpha value is -4.41. The minimum absolute atomic E-state index is 0.0948. The molecule has 12 nitrogen and oxygen atoms in total. The lowest BCUT2D eigenvalue weighted by Gasteiger charge is -2.28. The van der Waals surface area contributed by atoms with E-state index in [1.54, 1.807) is 44.2 Å². The van der Waals surface area contributed by atoms with Crippen LogP contribution in [0.4, 0.5) is 4.79 Å². The molecule has 2 aromatic rings. The van der Waals surface area contributed by atoms with Gasteiger partial charge in [0.25, 0.3) is 0 Å². The van der Waals surface area contributed by atoms with Crippen LogP contribution in [0.25, 0.3) is 0 Å². The molecule has 0 unspecified atom stereocenters. The summed E-state index contributed by atoms with van der Waals surface area (Å²) in [4.78, 5) is 24.5. The Morgan fingerprint density at radius 1 is 1.20 bits per heavy atom. The molecule has 1 heterocycles. The minimum atomic E-state index is -1.17. The molecule has 218 valence electrons. The summed E-state index contributed by atoms with van der Waals surface area (Å²) in [6.07, 6.45) is 5.57. The van der Waals surface area contributed by atoms with Gasteiger partial charge in [-0.1, -0.05) is 12.0 Å². The predicted molar refractivity (Wildman–Crippen MR) is 154 cm³/mol. The van der Waals surface area contributed by atoms with Gasteiger partial charge in [-0.05, 0) is 59.6 Å². The van der Waals surface area contributed by atoms with Gasteiger partial charge in [0.15, 0.2) is 29.2 Å². The summed E-state index contributed by atoms with van der Waals surface area (Å²) < 4.78 is 27.9. The van der Waals surface area contributed by atoms with Crippen molar-refractivity contribution < 1.29 is 38.4 Å². The Morgan fingerprint density at radius 2 is 1.95 bits per heavy atom. The molecule has 1 aliphatic rings. The molecule has 0 aliphatic carbocycles. The van der Waals surface area contributed by atoms with Gasteiger partial charge in [0.1, 0.15) is 13.2 Å². The highest BCUT2D eigenvalue weighted by Gasteiger charge is 2.32. The molecule has 1 aliphatic heterocycles. The molecule has 2 aromatic carbocycles. The van der Waals surface area contributed by atoms with Crippen LogP contribution >= 0.6 is 15.9 Å². The average Bonchev–Trinajstić information content (AvgIpc) is 2.95. The van der Waals surface area contributed by atoms with Crippen molar-refractivity contribution in [1.82, 2.24) is 16.1 Å². The van der Waals surface area contributed by atoms with Crippen molar-refractivity contribution in [3.8, 4) is 35.3 Å². The molecule has 0 aromatic heterocycles. The third kappa shape index (κ3) is 8.06. The molecular weight excluding hydrogens is 600 g/mol. The Kier molecular flexibility index (Phi) is 11.3. The summed E-state index contributed by atoms with van der Waals surface area (Å²) in [5.41, 5.74) is 4.48. The summed E-state index contributed by atoms with van der Waals surface area (Å²) in [6.45, 7) is 3.68. The quantitative estimate of drug-likeness (QED) is 0.0861. The number of methoxy groups -OCH3 is 2. The maximum atomic E-state index is 12.4. The van der Waals surface area contributed by atoms with Crippen LogP contribution in [0.2, 0.25) is 0 Å². The van der Waals surface area contributed by atoms with E-state index in [2.05, 4.69) is 43.0 Å². The monoisotopic (exact) mass is 630 g/mol. The first-order valence-electron chi connectivity index (χ1n) is 12.4. The number of nitrogens with zero attached hydrogens (tertiary/aromatic N) is 1. The summed E-state index contributed by atoms with van der Waals surface area (Å²) in [6, 6.07) is 7.16. The van der Waals surface area contributed by atoms with E-state index in [-0.39, 0.29) is 18.8 Å². The lowest BCUT2D eigenvalue weighted by molar-refractivity contribution is -0.136. The van der Waals surface area contributed by atoms with E-state index in [4.69, 9.17) is 30.1 Å². The number of aliphatic hydroxyl groups excluding tert-OH is 1. The van der Waals surface area contributed by atoms with Crippen LogP contribution in [0.3, 0.4) is 0 Å². The number of urea groups is 1. The zero-order valence-electron chi connectivity index (χ0n) is 22.9. The lowest BCUT2D eigenvalue weighted by Crippen LogP contribution is -2.45. The summed E-state index contributed by atoms with van der Waals surface area (Å²) >= 11 is 3.45. The third-order valence-electron chi connectivity index (χ3n) is 5.69. The number of terminal acetylenes is 1. The molecule has 2 amide bonds. The van der Waals surface area contributed by atoms with Crippen molar-refractivity contribution in [1.29, 1.82) is 0 Å². The molecule has 0 spiro atoms. The summed E-state index contributed by atoms with van der Waals surface area (Å²) in [5, 5.41) is 19.8. The van der Waals surface area contributed by atoms with Crippen LogP contribution < -0.4 is 35.0 Å². The largest absolute Gasteiger partial charge is 0.493 e. The molecule has 3 rings (SSSR count). The van der Waals surface area contributed by atoms with Crippen molar-refractivity contribution in [2.45, 2.75) is 26.1 Å². The van der Waals surface area contributed by atoms with Gasteiger partial charge < -0.3 is 39.4 Å². The standard InChI is InChI=1S/C28H31BrN4O8/c1-6-10-40-23-13-19(29)18(12-21(23)37-4)14-30-33-24(34)15-41-20-9-8-17(11-22(20)39-7-2)26-25(27(35)38-5)16(3)31-28(36)32-26/h1,8-9,11-14,24,26,33-34H,7,10,15H2,2-5H3,(H2,31,32,36)/b30-14-/t24-,26+/m1/s1. The van der Waals surface area contributed by atoms with Crippen LogP contribution in [-0.4, -0.2) is 63.6 Å². The van der Waals surface area contributed by atoms with Crippen molar-refractivity contribution in [3.63, 3.8) is 0 Å². The second-order valence-corrected chi connectivity index (χ2v) is 9.29. The number of esters is 1. The zero-order valence-corrected chi connectivity index (χ0v) is 24.5. The van der Waals surface area contributed by atoms with Crippen LogP contribution in [0, 0.1) is 12.3 Å². The van der Waals surface area contributed by atoms with Crippen molar-refractivity contribution >= 4 is 34.1 Å². The van der Waals surface area contributed by atoms with Gasteiger partial charge in [0.2, 0.25) is 0 Å². The molecule has 0 fully saturated rings. The third-order valence-corrected chi connectivity index (χ3v) is 6.38. The minimum Gasteiger partial charge on any atom is -0.493 e. The molecule has 2 atom stereocenters. The topological polar surface area (TPSA) is 149 Å². The van der Waals surface area contributed by atoms with Gasteiger partial charge >= 0.3 is 12.0 Å². The Balaban J connectivity index is 1.69. The number of carbonyl (C=O) groups is 2. The van der Waals surface area contributed by atoms with Gasteiger partial charge in [-0.15, -0.1) is 6.42 Å². The normalized spacial score (nSPS) is 15.3. The number of hydrogen-bond acceptors (Lipinski definition) is 10. The predicted octanol–water partition coefficient (Wildman–Crippen LogP) is 2.99. The van der Waals surface area contributed by atoms with Gasteiger partial charge in [0, 0.05) is 15.7 Å². The van der Waals surface area contributed by atoms with Crippen LogP contribution in [0.15, 0.2) is 51.2 Å². The highest BCUT2D eigenvalue weighted by Crippen LogP contribution is 2.35. The first-order valence-corrected chi connectivity index (χ1v) is 13.2. The zero-order chi connectivity index (χ0) is 29.9. The van der Waals surface area contributed by atoms with Gasteiger partial charge in [-0.3, -0.25) is 5.43 Å². The molecule has 41 heavy (non-hydrogen) atoms. The number of aliphatic hydroxyl groups is 1. The number of halogens is 1. The lowest BCUT2D eigenvalue weighted by atomic mass is 9.95. The van der Waals surface area contributed by atoms with Crippen molar-refractivity contribution in [2.24, 2.45) is 5.10 Å². The number of rotatable bonds is 13. The molecule has 0 radical (unpaired) electrons. The number of hydrazone groups is 1. The fourth-order valence-electron chi connectivity index (χ4n) is 3.86. The second-order valence-electron chi connectivity index (χ2n) is 8.43. The molecule has 0 saturated carbocycles. The molecule has 4 N–H and O–H groups in total. The second kappa shape index (κ2) is 14.8. The van der Waals surface area contributed by atoms with Crippen molar-refractivity contribution in [3.05, 3.63) is 57.2 Å². The molecule has 0 saturated heterocycles. The van der Waals surface area contributed by atoms with Crippen LogP contribution in [0.1, 0.15) is 31.0 Å². The number of allylic oxidation sites excluding steroid dienone is 1. The van der Waals surface area contributed by atoms with Crippen LogP contribution in [-0.2, 0) is 9.53 Å². The summed E-state index contributed by atoms with van der Waals surface area (Å²) in [7, 11) is 2.78. The fourth-order valence-corrected chi connectivity index (χ4v) is 4.28. The Bertz CT molecular complexity index is 1370. The van der Waals surface area contributed by atoms with E-state index in [0.29, 0.717) is 50.9 Å². The fraction of sp³-hybridized carbons (Fsp3) is 0.321. The maximum Gasteiger partial charge on any atom is 0.337 e. The number of amides is 2. The average molecular weight is 631 g/mol. The SMILES string of the molecule is C#CCOc1cc(Br)c(/C=N\N[C@H](O)COc2ccc([C@@H]3NC(=O)NC(C)=C3C(=O)OC)cc2OCC)cc1OC. The smallest absolute Gasteiger partial charge is 0.337 e. The van der Waals surface area contributed by atoms with Crippen LogP contribution in [0.5, 0.6) is 23.0 Å². The number of nitrogens with one attached hydrogen (secondary N) is 3. The molecule has 0 bridgehead atoms. The van der Waals surface area contributed by atoms with E-state index < -0.39 is 24.3 Å². The first-order chi connectivity index (χ1) is 19.7.